The van der Waals surface area contributed by atoms with Crippen molar-refractivity contribution in [3.05, 3.63) is 18.5 Å². The molecule has 0 amide bonds. The van der Waals surface area contributed by atoms with Crippen LogP contribution in [0.4, 0.5) is 5.95 Å². The van der Waals surface area contributed by atoms with Crippen molar-refractivity contribution >= 4 is 35.9 Å². The van der Waals surface area contributed by atoms with Gasteiger partial charge in [-0.25, -0.2) is 9.97 Å². The summed E-state index contributed by atoms with van der Waals surface area (Å²) >= 11 is 0. The van der Waals surface area contributed by atoms with Gasteiger partial charge in [-0.2, -0.15) is 0 Å². The molecule has 1 aliphatic heterocycles. The van der Waals surface area contributed by atoms with Crippen molar-refractivity contribution in [1.29, 1.82) is 0 Å². The van der Waals surface area contributed by atoms with Gasteiger partial charge < -0.3 is 15.5 Å². The summed E-state index contributed by atoms with van der Waals surface area (Å²) in [6.07, 6.45) is 4.70. The van der Waals surface area contributed by atoms with Crippen LogP contribution in [0.3, 0.4) is 0 Å². The van der Waals surface area contributed by atoms with Crippen LogP contribution in [0.2, 0.25) is 0 Å². The summed E-state index contributed by atoms with van der Waals surface area (Å²) in [7, 11) is 0. The number of nitrogens with zero attached hydrogens (tertiary/aromatic N) is 6. The third-order valence-electron chi connectivity index (χ3n) is 5.44. The van der Waals surface area contributed by atoms with E-state index >= 15 is 0 Å². The summed E-state index contributed by atoms with van der Waals surface area (Å²) in [6.45, 7) is 19.9. The maximum Gasteiger partial charge on any atom is 0.225 e. The first kappa shape index (κ1) is 27.8. The van der Waals surface area contributed by atoms with E-state index < -0.39 is 0 Å². The summed E-state index contributed by atoms with van der Waals surface area (Å²) in [5.41, 5.74) is 0. The van der Waals surface area contributed by atoms with Gasteiger partial charge >= 0.3 is 0 Å². The molecule has 1 aliphatic rings. The first-order valence-electron chi connectivity index (χ1n) is 11.5. The van der Waals surface area contributed by atoms with Crippen LogP contribution >= 0.6 is 24.0 Å². The molecule has 178 valence electrons. The van der Waals surface area contributed by atoms with Crippen LogP contribution in [0.15, 0.2) is 23.5 Å². The molecule has 31 heavy (non-hydrogen) atoms. The second-order valence-corrected chi connectivity index (χ2v) is 8.34. The third kappa shape index (κ3) is 10.3. The van der Waals surface area contributed by atoms with E-state index in [-0.39, 0.29) is 24.0 Å². The molecular weight excluding hydrogens is 503 g/mol. The Hall–Kier alpha value is -1.20. The summed E-state index contributed by atoms with van der Waals surface area (Å²) in [4.78, 5) is 20.7. The summed E-state index contributed by atoms with van der Waals surface area (Å²) < 4.78 is 0. The maximum atomic E-state index is 4.76. The number of nitrogens with one attached hydrogen (secondary N) is 2. The van der Waals surface area contributed by atoms with Crippen molar-refractivity contribution in [3.63, 3.8) is 0 Å². The van der Waals surface area contributed by atoms with Crippen LogP contribution in [0, 0.1) is 0 Å². The number of halogens is 1. The van der Waals surface area contributed by atoms with E-state index in [1.807, 2.05) is 18.5 Å². The van der Waals surface area contributed by atoms with Gasteiger partial charge in [-0.3, -0.25) is 14.8 Å². The van der Waals surface area contributed by atoms with E-state index in [9.17, 15) is 0 Å². The van der Waals surface area contributed by atoms with Crippen LogP contribution in [0.5, 0.6) is 0 Å². The number of aromatic nitrogens is 2. The standard InChI is InChI=1S/C22H42N8.HI/c1-6-23-21(24-11-8-13-30(19(2)3)20(4)5)25-12-14-28-15-17-29(18-16-28)22-26-9-7-10-27-22;/h7,9-10,19-20H,6,8,11-18H2,1-5H3,(H2,23,24,25);1H. The fourth-order valence-electron chi connectivity index (χ4n) is 3.86. The third-order valence-corrected chi connectivity index (χ3v) is 5.44. The number of anilines is 1. The number of hydrogen-bond acceptors (Lipinski definition) is 6. The maximum absolute atomic E-state index is 4.76. The van der Waals surface area contributed by atoms with Gasteiger partial charge in [0.1, 0.15) is 0 Å². The van der Waals surface area contributed by atoms with Crippen LogP contribution in [-0.4, -0.2) is 96.7 Å². The van der Waals surface area contributed by atoms with Gasteiger partial charge in [-0.05, 0) is 47.1 Å². The van der Waals surface area contributed by atoms with Crippen molar-refractivity contribution in [2.45, 2.75) is 53.1 Å². The number of hydrogen-bond donors (Lipinski definition) is 2. The fraction of sp³-hybridized carbons (Fsp3) is 0.773. The molecule has 1 aromatic rings. The zero-order valence-corrected chi connectivity index (χ0v) is 22.4. The van der Waals surface area contributed by atoms with E-state index in [4.69, 9.17) is 4.99 Å². The minimum Gasteiger partial charge on any atom is -0.357 e. The predicted octanol–water partition coefficient (Wildman–Crippen LogP) is 2.28. The molecule has 2 heterocycles. The molecule has 0 bridgehead atoms. The molecule has 0 atom stereocenters. The van der Waals surface area contributed by atoms with Gasteiger partial charge in [-0.1, -0.05) is 0 Å². The first-order valence-corrected chi connectivity index (χ1v) is 11.5. The Morgan fingerprint density at radius 3 is 2.29 bits per heavy atom. The average Bonchev–Trinajstić information content (AvgIpc) is 2.74. The lowest BCUT2D eigenvalue weighted by Crippen LogP contribution is -2.49. The van der Waals surface area contributed by atoms with Crippen molar-refractivity contribution in [3.8, 4) is 0 Å². The van der Waals surface area contributed by atoms with Crippen molar-refractivity contribution < 1.29 is 0 Å². The largest absolute Gasteiger partial charge is 0.357 e. The monoisotopic (exact) mass is 546 g/mol. The van der Waals surface area contributed by atoms with Crippen LogP contribution < -0.4 is 15.5 Å². The normalized spacial score (nSPS) is 15.5. The van der Waals surface area contributed by atoms with Crippen LogP contribution in [0.25, 0.3) is 0 Å². The Kier molecular flexibility index (Phi) is 14.0. The number of rotatable bonds is 11. The highest BCUT2D eigenvalue weighted by Crippen LogP contribution is 2.09. The highest BCUT2D eigenvalue weighted by molar-refractivity contribution is 14.0. The topological polar surface area (TPSA) is 71.9 Å². The highest BCUT2D eigenvalue weighted by Gasteiger charge is 2.18. The van der Waals surface area contributed by atoms with Gasteiger partial charge in [0.05, 0.1) is 0 Å². The first-order chi connectivity index (χ1) is 14.5. The van der Waals surface area contributed by atoms with E-state index in [0.717, 1.165) is 77.2 Å². The molecular formula is C22H43IN8. The SMILES string of the molecule is CCNC(=NCCCN(C(C)C)C(C)C)NCCN1CCN(c2ncccn2)CC1.I. The Bertz CT molecular complexity index is 595. The molecule has 0 radical (unpaired) electrons. The molecule has 1 saturated heterocycles. The van der Waals surface area contributed by atoms with E-state index in [2.05, 4.69) is 69.9 Å². The Labute approximate surface area is 206 Å². The minimum absolute atomic E-state index is 0. The van der Waals surface area contributed by atoms with Crippen molar-refractivity contribution in [2.24, 2.45) is 4.99 Å². The fourth-order valence-corrected chi connectivity index (χ4v) is 3.86. The highest BCUT2D eigenvalue weighted by atomic mass is 127. The van der Waals surface area contributed by atoms with Crippen LogP contribution in [0.1, 0.15) is 41.0 Å². The van der Waals surface area contributed by atoms with Gasteiger partial charge in [0.15, 0.2) is 5.96 Å². The second kappa shape index (κ2) is 15.6. The average molecular weight is 547 g/mol. The molecule has 2 rings (SSSR count). The number of aliphatic imine (C=N–C) groups is 1. The minimum atomic E-state index is 0. The molecule has 1 aromatic heterocycles. The van der Waals surface area contributed by atoms with E-state index in [0.29, 0.717) is 12.1 Å². The second-order valence-electron chi connectivity index (χ2n) is 8.34. The lowest BCUT2D eigenvalue weighted by molar-refractivity contribution is 0.174. The quantitative estimate of drug-likeness (QED) is 0.191. The van der Waals surface area contributed by atoms with E-state index in [1.54, 1.807) is 0 Å². The molecule has 1 fully saturated rings. The molecule has 0 aromatic carbocycles. The predicted molar refractivity (Wildman–Crippen MR) is 142 cm³/mol. The molecule has 9 heteroatoms. The Morgan fingerprint density at radius 2 is 1.71 bits per heavy atom. The van der Waals surface area contributed by atoms with Gasteiger partial charge in [-0.15, -0.1) is 24.0 Å². The molecule has 0 unspecified atom stereocenters. The number of guanidine groups is 1. The van der Waals surface area contributed by atoms with Crippen molar-refractivity contribution in [2.75, 3.05) is 63.8 Å². The lowest BCUT2D eigenvalue weighted by atomic mass is 10.2. The summed E-state index contributed by atoms with van der Waals surface area (Å²) in [5.74, 6) is 1.76. The summed E-state index contributed by atoms with van der Waals surface area (Å²) in [6, 6.07) is 3.02. The smallest absolute Gasteiger partial charge is 0.225 e. The van der Waals surface area contributed by atoms with Gasteiger partial charge in [0, 0.05) is 83.4 Å². The molecule has 0 saturated carbocycles. The van der Waals surface area contributed by atoms with E-state index in [1.165, 1.54) is 0 Å². The Balaban J connectivity index is 0.00000480. The van der Waals surface area contributed by atoms with Crippen molar-refractivity contribution in [1.82, 2.24) is 30.4 Å². The molecule has 2 N–H and O–H groups in total. The van der Waals surface area contributed by atoms with Gasteiger partial charge in [0.2, 0.25) is 5.95 Å². The zero-order valence-electron chi connectivity index (χ0n) is 20.0. The molecule has 8 nitrogen and oxygen atoms in total. The lowest BCUT2D eigenvalue weighted by Gasteiger charge is -2.34. The molecule has 0 spiro atoms. The Morgan fingerprint density at radius 1 is 1.06 bits per heavy atom. The zero-order chi connectivity index (χ0) is 21.8. The molecule has 0 aliphatic carbocycles. The summed E-state index contributed by atoms with van der Waals surface area (Å²) in [5, 5.41) is 6.85. The number of piperazine rings is 1. The van der Waals surface area contributed by atoms with Gasteiger partial charge in [0.25, 0.3) is 0 Å². The van der Waals surface area contributed by atoms with Crippen LogP contribution in [-0.2, 0) is 0 Å².